The lowest BCUT2D eigenvalue weighted by atomic mass is 10.1. The number of carbonyl (C=O) groups is 1. The van der Waals surface area contributed by atoms with E-state index in [2.05, 4.69) is 39.5 Å². The Hall–Kier alpha value is -1.07. The second kappa shape index (κ2) is 5.13. The van der Waals surface area contributed by atoms with E-state index in [1.54, 1.807) is 16.2 Å². The van der Waals surface area contributed by atoms with Gasteiger partial charge in [-0.1, -0.05) is 12.1 Å². The first-order valence-electron chi connectivity index (χ1n) is 6.24. The van der Waals surface area contributed by atoms with Gasteiger partial charge in [-0.2, -0.15) is 0 Å². The number of hydrogen-bond acceptors (Lipinski definition) is 3. The van der Waals surface area contributed by atoms with Gasteiger partial charge in [0, 0.05) is 26.5 Å². The normalized spacial score (nSPS) is 19.2. The van der Waals surface area contributed by atoms with E-state index in [-0.39, 0.29) is 12.1 Å². The molecule has 0 spiro atoms. The smallest absolute Gasteiger partial charge is 0.410 e. The molecular weight excluding hydrogens is 326 g/mol. The molecule has 1 atom stereocenters. The molecule has 1 fully saturated rings. The van der Waals surface area contributed by atoms with Crippen molar-refractivity contribution in [3.05, 3.63) is 33.6 Å². The lowest BCUT2D eigenvalue weighted by molar-refractivity contribution is 0.158. The second-order valence-corrected chi connectivity index (χ2v) is 6.55. The van der Waals surface area contributed by atoms with Crippen LogP contribution in [0.1, 0.15) is 12.5 Å². The van der Waals surface area contributed by atoms with Crippen molar-refractivity contribution in [2.45, 2.75) is 19.4 Å². The summed E-state index contributed by atoms with van der Waals surface area (Å²) in [7, 11) is 0. The molecule has 1 aromatic carbocycles. The van der Waals surface area contributed by atoms with E-state index in [1.165, 1.54) is 15.6 Å². The number of fused-ring (bicyclic) bond motifs is 1. The molecule has 1 amide bonds. The van der Waals surface area contributed by atoms with Crippen molar-refractivity contribution in [3.63, 3.8) is 0 Å². The van der Waals surface area contributed by atoms with E-state index in [0.29, 0.717) is 6.61 Å². The molecule has 0 radical (unpaired) electrons. The Morgan fingerprint density at radius 3 is 3.11 bits per heavy atom. The van der Waals surface area contributed by atoms with Gasteiger partial charge in [0.1, 0.15) is 6.61 Å². The van der Waals surface area contributed by atoms with Gasteiger partial charge in [0.2, 0.25) is 0 Å². The Morgan fingerprint density at radius 2 is 2.37 bits per heavy atom. The summed E-state index contributed by atoms with van der Waals surface area (Å²) in [6.07, 6.45) is 0.678. The summed E-state index contributed by atoms with van der Waals surface area (Å²) in [5.41, 5.74) is 1.26. The number of nitrogens with zero attached hydrogens (tertiary/aromatic N) is 1. The van der Waals surface area contributed by atoms with Crippen molar-refractivity contribution in [3.8, 4) is 0 Å². The predicted octanol–water partition coefficient (Wildman–Crippen LogP) is 4.05. The minimum absolute atomic E-state index is 0.187. The Bertz CT molecular complexity index is 625. The number of halogens is 1. The number of thiophene rings is 1. The molecule has 5 heteroatoms. The van der Waals surface area contributed by atoms with E-state index >= 15 is 0 Å². The van der Waals surface area contributed by atoms with Crippen LogP contribution in [0.2, 0.25) is 0 Å². The monoisotopic (exact) mass is 339 g/mol. The SMILES string of the molecule is C[C@@H]1COC(=O)N1CCc1ccc2c(Br)csc2c1. The highest BCUT2D eigenvalue weighted by Gasteiger charge is 2.28. The summed E-state index contributed by atoms with van der Waals surface area (Å²) < 4.78 is 7.45. The number of rotatable bonds is 3. The van der Waals surface area contributed by atoms with Gasteiger partial charge in [0.25, 0.3) is 0 Å². The molecule has 3 rings (SSSR count). The van der Waals surface area contributed by atoms with Crippen LogP contribution in [0.3, 0.4) is 0 Å². The van der Waals surface area contributed by atoms with Gasteiger partial charge >= 0.3 is 6.09 Å². The molecule has 0 unspecified atom stereocenters. The maximum atomic E-state index is 11.5. The summed E-state index contributed by atoms with van der Waals surface area (Å²) in [5.74, 6) is 0. The van der Waals surface area contributed by atoms with Crippen LogP contribution < -0.4 is 0 Å². The molecule has 0 N–H and O–H groups in total. The van der Waals surface area contributed by atoms with E-state index in [4.69, 9.17) is 4.74 Å². The molecule has 2 heterocycles. The molecule has 1 saturated heterocycles. The summed E-state index contributed by atoms with van der Waals surface area (Å²) in [4.78, 5) is 13.3. The first-order valence-corrected chi connectivity index (χ1v) is 7.91. The van der Waals surface area contributed by atoms with E-state index in [0.717, 1.165) is 17.4 Å². The number of benzene rings is 1. The van der Waals surface area contributed by atoms with Crippen molar-refractivity contribution >= 4 is 43.4 Å². The summed E-state index contributed by atoms with van der Waals surface area (Å²) >= 11 is 5.28. The molecule has 100 valence electrons. The van der Waals surface area contributed by atoms with Crippen molar-refractivity contribution in [1.29, 1.82) is 0 Å². The van der Waals surface area contributed by atoms with Gasteiger partial charge < -0.3 is 9.64 Å². The minimum Gasteiger partial charge on any atom is -0.447 e. The van der Waals surface area contributed by atoms with Crippen LogP contribution >= 0.6 is 27.3 Å². The molecular formula is C14H14BrNO2S. The maximum Gasteiger partial charge on any atom is 0.410 e. The van der Waals surface area contributed by atoms with Gasteiger partial charge in [0.15, 0.2) is 0 Å². The number of carbonyl (C=O) groups excluding carboxylic acids is 1. The van der Waals surface area contributed by atoms with E-state index < -0.39 is 0 Å². The molecule has 1 aliphatic heterocycles. The third kappa shape index (κ3) is 2.49. The first kappa shape index (κ1) is 12.9. The molecule has 1 aliphatic rings. The third-order valence-electron chi connectivity index (χ3n) is 3.45. The Balaban J connectivity index is 1.73. The lowest BCUT2D eigenvalue weighted by Gasteiger charge is -2.17. The standard InChI is InChI=1S/C14H14BrNO2S/c1-9-7-18-14(17)16(9)5-4-10-2-3-11-12(15)8-19-13(11)6-10/h2-3,6,8-9H,4-5,7H2,1H3/t9-/m1/s1. The zero-order valence-electron chi connectivity index (χ0n) is 10.6. The molecule has 0 saturated carbocycles. The van der Waals surface area contributed by atoms with Crippen LogP contribution in [-0.2, 0) is 11.2 Å². The number of ether oxygens (including phenoxy) is 1. The van der Waals surface area contributed by atoms with Crippen LogP contribution in [0.5, 0.6) is 0 Å². The molecule has 0 aliphatic carbocycles. The molecule has 2 aromatic rings. The quantitative estimate of drug-likeness (QED) is 0.844. The largest absolute Gasteiger partial charge is 0.447 e. The highest BCUT2D eigenvalue weighted by Crippen LogP contribution is 2.31. The second-order valence-electron chi connectivity index (χ2n) is 4.78. The highest BCUT2D eigenvalue weighted by molar-refractivity contribution is 9.10. The zero-order valence-corrected chi connectivity index (χ0v) is 13.0. The number of amides is 1. The highest BCUT2D eigenvalue weighted by atomic mass is 79.9. The van der Waals surface area contributed by atoms with Crippen LogP contribution in [0, 0.1) is 0 Å². The fourth-order valence-corrected chi connectivity index (χ4v) is 3.94. The van der Waals surface area contributed by atoms with Gasteiger partial charge in [-0.3, -0.25) is 0 Å². The Kier molecular flexibility index (Phi) is 3.50. The van der Waals surface area contributed by atoms with Crippen LogP contribution in [0.25, 0.3) is 10.1 Å². The van der Waals surface area contributed by atoms with Crippen molar-refractivity contribution in [2.24, 2.45) is 0 Å². The molecule has 3 nitrogen and oxygen atoms in total. The van der Waals surface area contributed by atoms with E-state index in [1.807, 2.05) is 6.92 Å². The van der Waals surface area contributed by atoms with Crippen molar-refractivity contribution in [2.75, 3.05) is 13.2 Å². The maximum absolute atomic E-state index is 11.5. The fourth-order valence-electron chi connectivity index (χ4n) is 2.30. The number of hydrogen-bond donors (Lipinski definition) is 0. The average Bonchev–Trinajstić information content (AvgIpc) is 2.92. The summed E-state index contributed by atoms with van der Waals surface area (Å²) in [5, 5.41) is 3.36. The van der Waals surface area contributed by atoms with E-state index in [9.17, 15) is 4.79 Å². The summed E-state index contributed by atoms with van der Waals surface area (Å²) in [6, 6.07) is 6.66. The Labute approximate surface area is 124 Å². The van der Waals surface area contributed by atoms with Crippen LogP contribution in [-0.4, -0.2) is 30.2 Å². The van der Waals surface area contributed by atoms with Gasteiger partial charge in [-0.15, -0.1) is 11.3 Å². The number of cyclic esters (lactones) is 1. The predicted molar refractivity (Wildman–Crippen MR) is 80.7 cm³/mol. The first-order chi connectivity index (χ1) is 9.15. The topological polar surface area (TPSA) is 29.5 Å². The molecule has 1 aromatic heterocycles. The van der Waals surface area contributed by atoms with Gasteiger partial charge in [-0.05, 0) is 40.9 Å². The third-order valence-corrected chi connectivity index (χ3v) is 5.35. The van der Waals surface area contributed by atoms with Crippen molar-refractivity contribution in [1.82, 2.24) is 4.90 Å². The minimum atomic E-state index is -0.188. The molecule has 19 heavy (non-hydrogen) atoms. The van der Waals surface area contributed by atoms with Gasteiger partial charge in [0.05, 0.1) is 6.04 Å². The summed E-state index contributed by atoms with van der Waals surface area (Å²) in [6.45, 7) is 3.25. The zero-order chi connectivity index (χ0) is 13.4. The van der Waals surface area contributed by atoms with Crippen molar-refractivity contribution < 1.29 is 9.53 Å². The van der Waals surface area contributed by atoms with Crippen LogP contribution in [0.15, 0.2) is 28.1 Å². The van der Waals surface area contributed by atoms with Gasteiger partial charge in [-0.25, -0.2) is 4.79 Å². The average molecular weight is 340 g/mol. The molecule has 0 bridgehead atoms. The van der Waals surface area contributed by atoms with Crippen LogP contribution in [0.4, 0.5) is 4.79 Å². The fraction of sp³-hybridized carbons (Fsp3) is 0.357. The lowest BCUT2D eigenvalue weighted by Crippen LogP contribution is -2.33. The Morgan fingerprint density at radius 1 is 1.53 bits per heavy atom.